The molecule has 1 aliphatic rings. The number of nitrogens with zero attached hydrogens (tertiary/aromatic N) is 2. The first-order valence-electron chi connectivity index (χ1n) is 11.3. The van der Waals surface area contributed by atoms with Crippen molar-refractivity contribution in [1.82, 2.24) is 9.88 Å². The number of ether oxygens (including phenoxy) is 1. The van der Waals surface area contributed by atoms with Gasteiger partial charge in [-0.2, -0.15) is 0 Å². The molecule has 5 rings (SSSR count). The van der Waals surface area contributed by atoms with E-state index in [1.165, 1.54) is 12.0 Å². The van der Waals surface area contributed by atoms with E-state index in [0.29, 0.717) is 28.4 Å². The lowest BCUT2D eigenvalue weighted by Gasteiger charge is -2.28. The number of hydrogen-bond acceptors (Lipinski definition) is 5. The summed E-state index contributed by atoms with van der Waals surface area (Å²) in [6.07, 6.45) is 3.45. The number of para-hydroxylation sites is 1. The molecule has 184 valence electrons. The molecule has 2 heterocycles. The molecular formula is C28H20ClN3O4S. The lowest BCUT2D eigenvalue weighted by molar-refractivity contribution is -0.122. The minimum absolute atomic E-state index is 0.00221. The maximum Gasteiger partial charge on any atom is 0.337 e. The Labute approximate surface area is 222 Å². The van der Waals surface area contributed by atoms with Crippen LogP contribution in [-0.4, -0.2) is 34.6 Å². The predicted molar refractivity (Wildman–Crippen MR) is 146 cm³/mol. The summed E-state index contributed by atoms with van der Waals surface area (Å²) in [4.78, 5) is 39.5. The molecule has 0 saturated carbocycles. The Balaban J connectivity index is 1.54. The first-order chi connectivity index (χ1) is 17.9. The van der Waals surface area contributed by atoms with Crippen molar-refractivity contribution in [3.05, 3.63) is 106 Å². The zero-order valence-corrected chi connectivity index (χ0v) is 21.2. The van der Waals surface area contributed by atoms with Crippen LogP contribution in [0.15, 0.2) is 84.6 Å². The molecule has 0 radical (unpaired) electrons. The number of benzene rings is 3. The fraction of sp³-hybridized carbons (Fsp3) is 0.0714. The van der Waals surface area contributed by atoms with Gasteiger partial charge in [0.15, 0.2) is 5.11 Å². The molecule has 0 spiro atoms. The molecule has 37 heavy (non-hydrogen) atoms. The summed E-state index contributed by atoms with van der Waals surface area (Å²) in [5, 5.41) is 3.99. The molecule has 4 aromatic rings. The van der Waals surface area contributed by atoms with Gasteiger partial charge in [-0.15, -0.1) is 0 Å². The van der Waals surface area contributed by atoms with Gasteiger partial charge in [0.05, 0.1) is 18.4 Å². The van der Waals surface area contributed by atoms with Crippen molar-refractivity contribution in [2.24, 2.45) is 0 Å². The van der Waals surface area contributed by atoms with Crippen molar-refractivity contribution in [2.45, 2.75) is 6.54 Å². The van der Waals surface area contributed by atoms with Crippen LogP contribution in [0.25, 0.3) is 17.0 Å². The number of carbonyl (C=O) groups excluding carboxylic acids is 3. The van der Waals surface area contributed by atoms with Gasteiger partial charge in [0.1, 0.15) is 5.57 Å². The van der Waals surface area contributed by atoms with Gasteiger partial charge in [0.2, 0.25) is 0 Å². The van der Waals surface area contributed by atoms with E-state index in [-0.39, 0.29) is 10.7 Å². The molecule has 1 fully saturated rings. The van der Waals surface area contributed by atoms with Crippen LogP contribution in [0.5, 0.6) is 0 Å². The number of methoxy groups -OCH3 is 1. The van der Waals surface area contributed by atoms with E-state index in [0.717, 1.165) is 16.5 Å². The summed E-state index contributed by atoms with van der Waals surface area (Å²) in [6, 6.07) is 21.5. The van der Waals surface area contributed by atoms with Crippen LogP contribution in [0, 0.1) is 0 Å². The standard InChI is InChI=1S/C28H20ClN3O4S/c1-36-27(35)18-6-4-5-17(13-18)15-31-16-19(22-7-2-3-8-24(22)31)14-23-25(33)30-28(37)32(26(23)34)21-11-9-20(29)10-12-21/h2-14,16H,15H2,1H3,(H,30,33,37)/b23-14+. The maximum absolute atomic E-state index is 13.4. The van der Waals surface area contributed by atoms with Crippen LogP contribution >= 0.6 is 23.8 Å². The van der Waals surface area contributed by atoms with Gasteiger partial charge in [-0.05, 0) is 66.3 Å². The van der Waals surface area contributed by atoms with Crippen molar-refractivity contribution >= 4 is 69.4 Å². The number of anilines is 1. The molecular weight excluding hydrogens is 510 g/mol. The van der Waals surface area contributed by atoms with Gasteiger partial charge in [-0.1, -0.05) is 41.9 Å². The van der Waals surface area contributed by atoms with E-state index in [4.69, 9.17) is 28.6 Å². The number of aromatic nitrogens is 1. The van der Waals surface area contributed by atoms with E-state index in [9.17, 15) is 14.4 Å². The topological polar surface area (TPSA) is 80.6 Å². The Hall–Kier alpha value is -4.27. The van der Waals surface area contributed by atoms with E-state index in [1.54, 1.807) is 48.5 Å². The van der Waals surface area contributed by atoms with E-state index >= 15 is 0 Å². The number of fused-ring (bicyclic) bond motifs is 1. The number of amides is 2. The smallest absolute Gasteiger partial charge is 0.337 e. The second-order valence-electron chi connectivity index (χ2n) is 8.36. The molecule has 0 bridgehead atoms. The van der Waals surface area contributed by atoms with Gasteiger partial charge in [0, 0.05) is 34.2 Å². The molecule has 1 saturated heterocycles. The van der Waals surface area contributed by atoms with Crippen molar-refractivity contribution in [2.75, 3.05) is 12.0 Å². The number of thiocarbonyl (C=S) groups is 1. The Morgan fingerprint density at radius 2 is 1.81 bits per heavy atom. The number of halogens is 1. The average Bonchev–Trinajstić information content (AvgIpc) is 3.24. The molecule has 0 aliphatic carbocycles. The Morgan fingerprint density at radius 1 is 1.05 bits per heavy atom. The van der Waals surface area contributed by atoms with Crippen LogP contribution in [-0.2, 0) is 20.9 Å². The summed E-state index contributed by atoms with van der Waals surface area (Å²) >= 11 is 11.3. The second-order valence-corrected chi connectivity index (χ2v) is 9.18. The normalized spacial score (nSPS) is 14.8. The van der Waals surface area contributed by atoms with Crippen LogP contribution < -0.4 is 10.2 Å². The fourth-order valence-electron chi connectivity index (χ4n) is 4.27. The van der Waals surface area contributed by atoms with Crippen LogP contribution in [0.1, 0.15) is 21.5 Å². The third kappa shape index (κ3) is 4.76. The molecule has 1 aliphatic heterocycles. The van der Waals surface area contributed by atoms with Gasteiger partial charge in [-0.3, -0.25) is 19.8 Å². The van der Waals surface area contributed by atoms with Gasteiger partial charge >= 0.3 is 5.97 Å². The lowest BCUT2D eigenvalue weighted by atomic mass is 10.1. The molecule has 1 aromatic heterocycles. The average molecular weight is 530 g/mol. The summed E-state index contributed by atoms with van der Waals surface area (Å²) in [6.45, 7) is 0.468. The highest BCUT2D eigenvalue weighted by molar-refractivity contribution is 7.80. The van der Waals surface area contributed by atoms with Gasteiger partial charge < -0.3 is 9.30 Å². The number of hydrogen-bond donors (Lipinski definition) is 1. The fourth-order valence-corrected chi connectivity index (χ4v) is 4.68. The minimum Gasteiger partial charge on any atom is -0.465 e. The number of nitrogens with one attached hydrogen (secondary N) is 1. The SMILES string of the molecule is COC(=O)c1cccc(Cn2cc(/C=C3\C(=O)NC(=S)N(c4ccc(Cl)cc4)C3=O)c3ccccc32)c1. The number of rotatable bonds is 5. The maximum atomic E-state index is 13.4. The Morgan fingerprint density at radius 3 is 2.57 bits per heavy atom. The quantitative estimate of drug-likeness (QED) is 0.171. The molecule has 0 atom stereocenters. The molecule has 3 aromatic carbocycles. The molecule has 0 unspecified atom stereocenters. The van der Waals surface area contributed by atoms with Crippen molar-refractivity contribution in [1.29, 1.82) is 0 Å². The summed E-state index contributed by atoms with van der Waals surface area (Å²) < 4.78 is 6.84. The summed E-state index contributed by atoms with van der Waals surface area (Å²) in [5.41, 5.74) is 3.42. The zero-order chi connectivity index (χ0) is 26.1. The first kappa shape index (κ1) is 24.4. The minimum atomic E-state index is -0.567. The third-order valence-electron chi connectivity index (χ3n) is 6.01. The van der Waals surface area contributed by atoms with Crippen LogP contribution in [0.3, 0.4) is 0 Å². The Kier molecular flexibility index (Phi) is 6.60. The van der Waals surface area contributed by atoms with Crippen LogP contribution in [0.4, 0.5) is 5.69 Å². The van der Waals surface area contributed by atoms with E-state index in [2.05, 4.69) is 5.32 Å². The monoisotopic (exact) mass is 529 g/mol. The third-order valence-corrected chi connectivity index (χ3v) is 6.54. The van der Waals surface area contributed by atoms with Crippen molar-refractivity contribution < 1.29 is 19.1 Å². The van der Waals surface area contributed by atoms with Gasteiger partial charge in [-0.25, -0.2) is 4.79 Å². The lowest BCUT2D eigenvalue weighted by Crippen LogP contribution is -2.54. The number of esters is 1. The highest BCUT2D eigenvalue weighted by Crippen LogP contribution is 2.28. The Bertz CT molecular complexity index is 1610. The van der Waals surface area contributed by atoms with Crippen molar-refractivity contribution in [3.8, 4) is 0 Å². The highest BCUT2D eigenvalue weighted by Gasteiger charge is 2.34. The van der Waals surface area contributed by atoms with Gasteiger partial charge in [0.25, 0.3) is 11.8 Å². The second kappa shape index (κ2) is 10.0. The molecule has 9 heteroatoms. The van der Waals surface area contributed by atoms with Crippen LogP contribution in [0.2, 0.25) is 5.02 Å². The van der Waals surface area contributed by atoms with Crippen molar-refractivity contribution in [3.63, 3.8) is 0 Å². The number of carbonyl (C=O) groups is 3. The predicted octanol–water partition coefficient (Wildman–Crippen LogP) is 4.96. The molecule has 1 N–H and O–H groups in total. The first-order valence-corrected chi connectivity index (χ1v) is 12.1. The highest BCUT2D eigenvalue weighted by atomic mass is 35.5. The van der Waals surface area contributed by atoms with E-state index < -0.39 is 17.8 Å². The molecule has 2 amide bonds. The summed E-state index contributed by atoms with van der Waals surface area (Å²) in [5.74, 6) is -1.50. The zero-order valence-electron chi connectivity index (χ0n) is 19.6. The molecule has 7 nitrogen and oxygen atoms in total. The summed E-state index contributed by atoms with van der Waals surface area (Å²) in [7, 11) is 1.34. The van der Waals surface area contributed by atoms with E-state index in [1.807, 2.05) is 41.1 Å². The largest absolute Gasteiger partial charge is 0.465 e.